The molecule has 0 atom stereocenters. The molecule has 2 aromatic rings. The van der Waals surface area contributed by atoms with Crippen molar-refractivity contribution in [2.45, 2.75) is 20.4 Å². The second-order valence-electron chi connectivity index (χ2n) is 3.98. The molecular formula is C15H19NO2. The molecule has 1 N–H and O–H groups in total. The van der Waals surface area contributed by atoms with E-state index < -0.39 is 0 Å². The van der Waals surface area contributed by atoms with Gasteiger partial charge in [-0.1, -0.05) is 19.1 Å². The minimum Gasteiger partial charge on any atom is -0.493 e. The van der Waals surface area contributed by atoms with Gasteiger partial charge in [0.1, 0.15) is 17.3 Å². The molecule has 0 saturated heterocycles. The van der Waals surface area contributed by atoms with Gasteiger partial charge in [-0.25, -0.2) is 0 Å². The predicted molar refractivity (Wildman–Crippen MR) is 72.7 cm³/mol. The summed E-state index contributed by atoms with van der Waals surface area (Å²) < 4.78 is 11.4. The predicted octanol–water partition coefficient (Wildman–Crippen LogP) is 3.45. The molecular weight excluding hydrogens is 226 g/mol. The van der Waals surface area contributed by atoms with Crippen molar-refractivity contribution in [1.29, 1.82) is 0 Å². The zero-order valence-corrected chi connectivity index (χ0v) is 10.9. The minimum atomic E-state index is 0.655. The Hall–Kier alpha value is -1.74. The summed E-state index contributed by atoms with van der Waals surface area (Å²) in [4.78, 5) is 0. The monoisotopic (exact) mass is 245 g/mol. The van der Waals surface area contributed by atoms with E-state index in [0.717, 1.165) is 35.9 Å². The first kappa shape index (κ1) is 12.7. The summed E-state index contributed by atoms with van der Waals surface area (Å²) in [6.45, 7) is 6.41. The molecule has 0 aliphatic heterocycles. The number of rotatable bonds is 6. The fraction of sp³-hybridized carbons (Fsp3) is 0.333. The van der Waals surface area contributed by atoms with Crippen molar-refractivity contribution < 1.29 is 9.15 Å². The lowest BCUT2D eigenvalue weighted by atomic mass is 10.1. The third kappa shape index (κ3) is 2.93. The van der Waals surface area contributed by atoms with Crippen molar-refractivity contribution in [3.63, 3.8) is 0 Å². The number of para-hydroxylation sites is 1. The lowest BCUT2D eigenvalue weighted by Crippen LogP contribution is -2.10. The maximum atomic E-state index is 5.82. The summed E-state index contributed by atoms with van der Waals surface area (Å²) in [6.07, 6.45) is 0. The molecule has 0 bridgehead atoms. The molecule has 0 saturated carbocycles. The highest BCUT2D eigenvalue weighted by Gasteiger charge is 2.09. The van der Waals surface area contributed by atoms with E-state index in [1.807, 2.05) is 43.3 Å². The molecule has 0 radical (unpaired) electrons. The van der Waals surface area contributed by atoms with Crippen molar-refractivity contribution >= 4 is 0 Å². The summed E-state index contributed by atoms with van der Waals surface area (Å²) in [5, 5.41) is 3.24. The van der Waals surface area contributed by atoms with Crippen molar-refractivity contribution in [1.82, 2.24) is 5.32 Å². The molecule has 3 nitrogen and oxygen atoms in total. The molecule has 0 aliphatic rings. The van der Waals surface area contributed by atoms with E-state index in [2.05, 4.69) is 12.2 Å². The first-order valence-electron chi connectivity index (χ1n) is 6.36. The number of hydrogen-bond donors (Lipinski definition) is 1. The quantitative estimate of drug-likeness (QED) is 0.846. The maximum absolute atomic E-state index is 5.82. The van der Waals surface area contributed by atoms with Crippen LogP contribution in [0.1, 0.15) is 19.6 Å². The van der Waals surface area contributed by atoms with Crippen molar-refractivity contribution in [3.8, 4) is 17.1 Å². The summed E-state index contributed by atoms with van der Waals surface area (Å²) in [5.74, 6) is 2.66. The van der Waals surface area contributed by atoms with Gasteiger partial charge >= 0.3 is 0 Å². The van der Waals surface area contributed by atoms with Gasteiger partial charge in [-0.05, 0) is 37.7 Å². The van der Waals surface area contributed by atoms with E-state index in [1.165, 1.54) is 0 Å². The lowest BCUT2D eigenvalue weighted by Gasteiger charge is -2.07. The molecule has 18 heavy (non-hydrogen) atoms. The number of nitrogens with one attached hydrogen (secondary N) is 1. The molecule has 1 heterocycles. The van der Waals surface area contributed by atoms with Crippen LogP contribution in [0.2, 0.25) is 0 Å². The fourth-order valence-electron chi connectivity index (χ4n) is 1.82. The first-order valence-corrected chi connectivity index (χ1v) is 6.36. The highest BCUT2D eigenvalue weighted by molar-refractivity contribution is 5.65. The van der Waals surface area contributed by atoms with Crippen molar-refractivity contribution in [2.24, 2.45) is 0 Å². The molecule has 0 amide bonds. The van der Waals surface area contributed by atoms with Gasteiger partial charge in [0, 0.05) is 0 Å². The SMILES string of the molecule is CCNCc1ccc(-c2ccccc2OCC)o1. The van der Waals surface area contributed by atoms with Crippen LogP contribution in [0.15, 0.2) is 40.8 Å². The van der Waals surface area contributed by atoms with E-state index in [-0.39, 0.29) is 0 Å². The van der Waals surface area contributed by atoms with Crippen LogP contribution < -0.4 is 10.1 Å². The van der Waals surface area contributed by atoms with Crippen LogP contribution in [0.4, 0.5) is 0 Å². The second kappa shape index (κ2) is 6.26. The number of furan rings is 1. The van der Waals surface area contributed by atoms with Crippen LogP contribution in [0.3, 0.4) is 0 Å². The highest BCUT2D eigenvalue weighted by Crippen LogP contribution is 2.31. The zero-order valence-electron chi connectivity index (χ0n) is 10.9. The largest absolute Gasteiger partial charge is 0.493 e. The van der Waals surface area contributed by atoms with Crippen LogP contribution in [-0.2, 0) is 6.54 Å². The Morgan fingerprint density at radius 1 is 1.11 bits per heavy atom. The van der Waals surface area contributed by atoms with E-state index >= 15 is 0 Å². The zero-order chi connectivity index (χ0) is 12.8. The molecule has 3 heteroatoms. The highest BCUT2D eigenvalue weighted by atomic mass is 16.5. The van der Waals surface area contributed by atoms with Crippen molar-refractivity contribution in [3.05, 3.63) is 42.2 Å². The molecule has 0 spiro atoms. The van der Waals surface area contributed by atoms with Crippen LogP contribution >= 0.6 is 0 Å². The third-order valence-corrected chi connectivity index (χ3v) is 2.66. The Morgan fingerprint density at radius 2 is 1.94 bits per heavy atom. The van der Waals surface area contributed by atoms with E-state index in [0.29, 0.717) is 6.61 Å². The average molecular weight is 245 g/mol. The van der Waals surface area contributed by atoms with Crippen LogP contribution in [0.25, 0.3) is 11.3 Å². The molecule has 0 fully saturated rings. The first-order chi connectivity index (χ1) is 8.85. The second-order valence-corrected chi connectivity index (χ2v) is 3.98. The Balaban J connectivity index is 2.22. The molecule has 0 aliphatic carbocycles. The van der Waals surface area contributed by atoms with Gasteiger partial charge in [0.05, 0.1) is 18.7 Å². The topological polar surface area (TPSA) is 34.4 Å². The van der Waals surface area contributed by atoms with Gasteiger partial charge in [-0.15, -0.1) is 0 Å². The van der Waals surface area contributed by atoms with Crippen LogP contribution in [-0.4, -0.2) is 13.2 Å². The Morgan fingerprint density at radius 3 is 2.72 bits per heavy atom. The van der Waals surface area contributed by atoms with Gasteiger partial charge < -0.3 is 14.5 Å². The molecule has 96 valence electrons. The van der Waals surface area contributed by atoms with Crippen LogP contribution in [0.5, 0.6) is 5.75 Å². The van der Waals surface area contributed by atoms with Gasteiger partial charge in [-0.2, -0.15) is 0 Å². The van der Waals surface area contributed by atoms with Crippen molar-refractivity contribution in [2.75, 3.05) is 13.2 Å². The third-order valence-electron chi connectivity index (χ3n) is 2.66. The smallest absolute Gasteiger partial charge is 0.138 e. The minimum absolute atomic E-state index is 0.655. The Kier molecular flexibility index (Phi) is 4.42. The fourth-order valence-corrected chi connectivity index (χ4v) is 1.82. The van der Waals surface area contributed by atoms with E-state index in [4.69, 9.17) is 9.15 Å². The molecule has 2 rings (SSSR count). The summed E-state index contributed by atoms with van der Waals surface area (Å²) >= 11 is 0. The van der Waals surface area contributed by atoms with Crippen LogP contribution in [0, 0.1) is 0 Å². The summed E-state index contributed by atoms with van der Waals surface area (Å²) in [7, 11) is 0. The van der Waals surface area contributed by atoms with Gasteiger partial charge in [-0.3, -0.25) is 0 Å². The van der Waals surface area contributed by atoms with E-state index in [9.17, 15) is 0 Å². The molecule has 1 aromatic carbocycles. The summed E-state index contributed by atoms with van der Waals surface area (Å²) in [6, 6.07) is 11.9. The number of ether oxygens (including phenoxy) is 1. The van der Waals surface area contributed by atoms with Gasteiger partial charge in [0.2, 0.25) is 0 Å². The summed E-state index contributed by atoms with van der Waals surface area (Å²) in [5.41, 5.74) is 1.00. The average Bonchev–Trinajstić information content (AvgIpc) is 2.86. The van der Waals surface area contributed by atoms with Gasteiger partial charge in [0.15, 0.2) is 0 Å². The number of benzene rings is 1. The number of hydrogen-bond acceptors (Lipinski definition) is 3. The molecule has 0 unspecified atom stereocenters. The molecule has 1 aromatic heterocycles. The Bertz CT molecular complexity index is 491. The normalized spacial score (nSPS) is 10.6. The lowest BCUT2D eigenvalue weighted by molar-refractivity contribution is 0.340. The van der Waals surface area contributed by atoms with Gasteiger partial charge in [0.25, 0.3) is 0 Å². The Labute approximate surface area is 108 Å². The maximum Gasteiger partial charge on any atom is 0.138 e. The van der Waals surface area contributed by atoms with E-state index in [1.54, 1.807) is 0 Å². The standard InChI is InChI=1S/C15H19NO2/c1-3-16-11-12-9-10-15(18-12)13-7-5-6-8-14(13)17-4-2/h5-10,16H,3-4,11H2,1-2H3.